The first kappa shape index (κ1) is 15.1. The molecule has 108 valence electrons. The Kier molecular flexibility index (Phi) is 4.85. The lowest BCUT2D eigenvalue weighted by molar-refractivity contribution is 0.486. The second-order valence-electron chi connectivity index (χ2n) is 4.32. The summed E-state index contributed by atoms with van der Waals surface area (Å²) in [4.78, 5) is 4.25. The van der Waals surface area contributed by atoms with Gasteiger partial charge in [-0.05, 0) is 34.5 Å². The van der Waals surface area contributed by atoms with Gasteiger partial charge in [0.25, 0.3) is 0 Å². The number of benzene rings is 1. The molecule has 0 aliphatic carbocycles. The van der Waals surface area contributed by atoms with E-state index in [2.05, 4.69) is 26.3 Å². The molecule has 3 N–H and O–H groups in total. The Morgan fingerprint density at radius 1 is 1.45 bits per heavy atom. The highest BCUT2D eigenvalue weighted by atomic mass is 79.9. The predicted octanol–water partition coefficient (Wildman–Crippen LogP) is 2.69. The van der Waals surface area contributed by atoms with Crippen LogP contribution in [0.4, 0.5) is 8.78 Å². The van der Waals surface area contributed by atoms with E-state index in [1.807, 2.05) is 17.7 Å². The van der Waals surface area contributed by atoms with Crippen LogP contribution in [0, 0.1) is 11.6 Å². The average molecular weight is 345 g/mol. The van der Waals surface area contributed by atoms with Crippen LogP contribution in [-0.2, 0) is 13.0 Å². The molecule has 0 fully saturated rings. The number of hydrazine groups is 1. The van der Waals surface area contributed by atoms with E-state index in [4.69, 9.17) is 5.84 Å². The van der Waals surface area contributed by atoms with Gasteiger partial charge < -0.3 is 4.57 Å². The summed E-state index contributed by atoms with van der Waals surface area (Å²) in [6.07, 6.45) is 4.04. The molecule has 1 heterocycles. The Bertz CT molecular complexity index is 600. The van der Waals surface area contributed by atoms with Crippen LogP contribution in [0.5, 0.6) is 0 Å². The Balaban J connectivity index is 2.31. The molecule has 0 saturated carbocycles. The molecular formula is C13H15BrF2N4. The molecule has 0 spiro atoms. The number of aromatic nitrogens is 2. The topological polar surface area (TPSA) is 55.9 Å². The standard InChI is InChI=1S/C13H15BrF2N4/c1-2-20-6-5-18-11(20)7-10(19-17)8-3-4-9(15)13(16)12(8)14/h3-6,10,19H,2,7,17H2,1H3. The molecule has 0 radical (unpaired) electrons. The van der Waals surface area contributed by atoms with E-state index < -0.39 is 11.6 Å². The number of nitrogens with two attached hydrogens (primary N) is 1. The van der Waals surface area contributed by atoms with Crippen molar-refractivity contribution in [3.05, 3.63) is 52.0 Å². The predicted molar refractivity (Wildman–Crippen MR) is 75.7 cm³/mol. The quantitative estimate of drug-likeness (QED) is 0.498. The second kappa shape index (κ2) is 6.43. The molecular weight excluding hydrogens is 330 g/mol. The van der Waals surface area contributed by atoms with Crippen molar-refractivity contribution in [1.82, 2.24) is 15.0 Å². The summed E-state index contributed by atoms with van der Waals surface area (Å²) in [5.74, 6) is 4.56. The summed E-state index contributed by atoms with van der Waals surface area (Å²) in [5.41, 5.74) is 3.18. The molecule has 2 rings (SSSR count). The van der Waals surface area contributed by atoms with Gasteiger partial charge in [0.1, 0.15) is 5.82 Å². The van der Waals surface area contributed by atoms with E-state index in [1.165, 1.54) is 6.07 Å². The fraction of sp³-hybridized carbons (Fsp3) is 0.308. The zero-order chi connectivity index (χ0) is 14.7. The minimum atomic E-state index is -0.915. The number of aryl methyl sites for hydroxylation is 1. The molecule has 1 unspecified atom stereocenters. The van der Waals surface area contributed by atoms with Gasteiger partial charge in [0.15, 0.2) is 11.6 Å². The van der Waals surface area contributed by atoms with E-state index in [9.17, 15) is 8.78 Å². The Morgan fingerprint density at radius 3 is 2.85 bits per heavy atom. The molecule has 4 nitrogen and oxygen atoms in total. The van der Waals surface area contributed by atoms with Crippen LogP contribution in [0.25, 0.3) is 0 Å². The highest BCUT2D eigenvalue weighted by Gasteiger charge is 2.20. The van der Waals surface area contributed by atoms with Gasteiger partial charge in [-0.2, -0.15) is 0 Å². The molecule has 0 saturated heterocycles. The summed E-state index contributed by atoms with van der Waals surface area (Å²) in [6, 6.07) is 2.23. The largest absolute Gasteiger partial charge is 0.335 e. The van der Waals surface area contributed by atoms with Gasteiger partial charge in [-0.15, -0.1) is 0 Å². The van der Waals surface area contributed by atoms with Crippen LogP contribution in [0.15, 0.2) is 29.0 Å². The highest BCUT2D eigenvalue weighted by molar-refractivity contribution is 9.10. The summed E-state index contributed by atoms with van der Waals surface area (Å²) >= 11 is 3.07. The van der Waals surface area contributed by atoms with Crippen LogP contribution in [0.2, 0.25) is 0 Å². The van der Waals surface area contributed by atoms with Crippen molar-refractivity contribution in [2.75, 3.05) is 0 Å². The lowest BCUT2D eigenvalue weighted by Gasteiger charge is -2.18. The van der Waals surface area contributed by atoms with E-state index in [1.54, 1.807) is 6.20 Å². The van der Waals surface area contributed by atoms with Gasteiger partial charge >= 0.3 is 0 Å². The van der Waals surface area contributed by atoms with Crippen molar-refractivity contribution in [1.29, 1.82) is 0 Å². The molecule has 2 aromatic rings. The molecule has 1 atom stereocenters. The molecule has 1 aromatic heterocycles. The third-order valence-electron chi connectivity index (χ3n) is 3.17. The minimum absolute atomic E-state index is 0.0788. The molecule has 0 aliphatic heterocycles. The first-order valence-electron chi connectivity index (χ1n) is 6.18. The van der Waals surface area contributed by atoms with Crippen molar-refractivity contribution in [3.63, 3.8) is 0 Å². The molecule has 0 amide bonds. The Hall–Kier alpha value is -1.31. The number of imidazole rings is 1. The smallest absolute Gasteiger partial charge is 0.173 e. The lowest BCUT2D eigenvalue weighted by Crippen LogP contribution is -2.31. The number of hydrogen-bond acceptors (Lipinski definition) is 3. The molecule has 7 heteroatoms. The third kappa shape index (κ3) is 2.89. The Labute approximate surface area is 124 Å². The Morgan fingerprint density at radius 2 is 2.20 bits per heavy atom. The summed E-state index contributed by atoms with van der Waals surface area (Å²) < 4.78 is 28.8. The molecule has 20 heavy (non-hydrogen) atoms. The molecule has 1 aromatic carbocycles. The molecule has 0 bridgehead atoms. The minimum Gasteiger partial charge on any atom is -0.335 e. The first-order chi connectivity index (χ1) is 9.58. The summed E-state index contributed by atoms with van der Waals surface area (Å²) in [6.45, 7) is 2.79. The number of nitrogens with zero attached hydrogens (tertiary/aromatic N) is 2. The van der Waals surface area contributed by atoms with E-state index >= 15 is 0 Å². The monoisotopic (exact) mass is 344 g/mol. The summed E-state index contributed by atoms with van der Waals surface area (Å²) in [7, 11) is 0. The van der Waals surface area contributed by atoms with Gasteiger partial charge in [-0.25, -0.2) is 13.8 Å². The fourth-order valence-corrected chi connectivity index (χ4v) is 2.67. The van der Waals surface area contributed by atoms with Crippen LogP contribution in [0.1, 0.15) is 24.4 Å². The summed E-state index contributed by atoms with van der Waals surface area (Å²) in [5, 5.41) is 0. The zero-order valence-corrected chi connectivity index (χ0v) is 12.5. The normalized spacial score (nSPS) is 12.7. The highest BCUT2D eigenvalue weighted by Crippen LogP contribution is 2.29. The maximum absolute atomic E-state index is 13.6. The van der Waals surface area contributed by atoms with E-state index in [0.717, 1.165) is 18.4 Å². The number of hydrogen-bond donors (Lipinski definition) is 2. The number of nitrogens with one attached hydrogen (secondary N) is 1. The van der Waals surface area contributed by atoms with Gasteiger partial charge in [-0.3, -0.25) is 11.3 Å². The molecule has 0 aliphatic rings. The van der Waals surface area contributed by atoms with Gasteiger partial charge in [0, 0.05) is 25.4 Å². The van der Waals surface area contributed by atoms with Crippen molar-refractivity contribution in [3.8, 4) is 0 Å². The van der Waals surface area contributed by atoms with Crippen LogP contribution in [0.3, 0.4) is 0 Å². The number of halogens is 3. The van der Waals surface area contributed by atoms with Gasteiger partial charge in [0.2, 0.25) is 0 Å². The fourth-order valence-electron chi connectivity index (χ4n) is 2.07. The SMILES string of the molecule is CCn1ccnc1CC(NN)c1ccc(F)c(F)c1Br. The van der Waals surface area contributed by atoms with Gasteiger partial charge in [-0.1, -0.05) is 6.07 Å². The van der Waals surface area contributed by atoms with Crippen molar-refractivity contribution in [2.24, 2.45) is 5.84 Å². The van der Waals surface area contributed by atoms with Crippen LogP contribution in [-0.4, -0.2) is 9.55 Å². The van der Waals surface area contributed by atoms with Crippen LogP contribution < -0.4 is 11.3 Å². The van der Waals surface area contributed by atoms with Crippen molar-refractivity contribution < 1.29 is 8.78 Å². The first-order valence-corrected chi connectivity index (χ1v) is 6.97. The average Bonchev–Trinajstić information content (AvgIpc) is 2.90. The number of rotatable bonds is 5. The van der Waals surface area contributed by atoms with Gasteiger partial charge in [0.05, 0.1) is 10.5 Å². The van der Waals surface area contributed by atoms with Crippen molar-refractivity contribution in [2.45, 2.75) is 25.9 Å². The van der Waals surface area contributed by atoms with Crippen LogP contribution >= 0.6 is 15.9 Å². The second-order valence-corrected chi connectivity index (χ2v) is 5.11. The third-order valence-corrected chi connectivity index (χ3v) is 3.98. The maximum Gasteiger partial charge on any atom is 0.173 e. The maximum atomic E-state index is 13.6. The zero-order valence-electron chi connectivity index (χ0n) is 10.9. The van der Waals surface area contributed by atoms with Crippen molar-refractivity contribution >= 4 is 15.9 Å². The lowest BCUT2D eigenvalue weighted by atomic mass is 10.0. The van der Waals surface area contributed by atoms with E-state index in [-0.39, 0.29) is 10.5 Å². The van der Waals surface area contributed by atoms with E-state index in [0.29, 0.717) is 12.0 Å².